The highest BCUT2D eigenvalue weighted by Gasteiger charge is 2.23. The van der Waals surface area contributed by atoms with Gasteiger partial charge in [-0.1, -0.05) is 44.7 Å². The second kappa shape index (κ2) is 5.59. The van der Waals surface area contributed by atoms with Crippen molar-refractivity contribution >= 4 is 33.3 Å². The Morgan fingerprint density at radius 2 is 2.06 bits per heavy atom. The second-order valence-electron chi connectivity index (χ2n) is 5.47. The fraction of sp³-hybridized carbons (Fsp3) is 0.500. The van der Waals surface area contributed by atoms with Crippen LogP contribution in [0.4, 0.5) is 0 Å². The summed E-state index contributed by atoms with van der Waals surface area (Å²) in [7, 11) is 2.04. The lowest BCUT2D eigenvalue weighted by atomic mass is 9.88. The number of thioether (sulfide) groups is 1. The molecule has 4 heteroatoms. The SMILES string of the molecule is CNC(CSc1nc2ccccc2s1)C(C)(C)C. The van der Waals surface area contributed by atoms with E-state index in [1.807, 2.05) is 24.9 Å². The highest BCUT2D eigenvalue weighted by atomic mass is 32.2. The van der Waals surface area contributed by atoms with Gasteiger partial charge in [0, 0.05) is 11.8 Å². The first-order valence-corrected chi connectivity index (χ1v) is 7.96. The van der Waals surface area contributed by atoms with Crippen molar-refractivity contribution < 1.29 is 0 Å². The van der Waals surface area contributed by atoms with Crippen molar-refractivity contribution in [2.45, 2.75) is 31.2 Å². The van der Waals surface area contributed by atoms with Crippen LogP contribution < -0.4 is 5.32 Å². The third kappa shape index (κ3) is 3.25. The summed E-state index contributed by atoms with van der Waals surface area (Å²) < 4.78 is 2.44. The van der Waals surface area contributed by atoms with Gasteiger partial charge in [0.1, 0.15) is 0 Å². The van der Waals surface area contributed by atoms with E-state index in [-0.39, 0.29) is 5.41 Å². The van der Waals surface area contributed by atoms with Gasteiger partial charge in [-0.15, -0.1) is 11.3 Å². The highest BCUT2D eigenvalue weighted by Crippen LogP contribution is 2.32. The molecule has 0 amide bonds. The fourth-order valence-corrected chi connectivity index (χ4v) is 4.38. The van der Waals surface area contributed by atoms with Crippen LogP contribution in [0.5, 0.6) is 0 Å². The summed E-state index contributed by atoms with van der Waals surface area (Å²) in [6, 6.07) is 8.82. The van der Waals surface area contributed by atoms with Crippen LogP contribution in [0.1, 0.15) is 20.8 Å². The minimum atomic E-state index is 0.276. The molecule has 1 N–H and O–H groups in total. The van der Waals surface area contributed by atoms with Crippen LogP contribution in [0.2, 0.25) is 0 Å². The van der Waals surface area contributed by atoms with Crippen LogP contribution >= 0.6 is 23.1 Å². The molecular weight excluding hydrogens is 260 g/mol. The Bertz CT molecular complexity index is 481. The van der Waals surface area contributed by atoms with Crippen LogP contribution in [-0.2, 0) is 0 Å². The summed E-state index contributed by atoms with van der Waals surface area (Å²) in [6.07, 6.45) is 0. The Kier molecular flexibility index (Phi) is 4.30. The van der Waals surface area contributed by atoms with Gasteiger partial charge in [0.05, 0.1) is 10.2 Å². The van der Waals surface area contributed by atoms with Gasteiger partial charge in [-0.05, 0) is 24.6 Å². The van der Waals surface area contributed by atoms with Crippen molar-refractivity contribution in [3.05, 3.63) is 24.3 Å². The van der Waals surface area contributed by atoms with E-state index in [0.717, 1.165) is 11.3 Å². The number of benzene rings is 1. The number of para-hydroxylation sites is 1. The first-order valence-electron chi connectivity index (χ1n) is 6.16. The molecule has 0 fully saturated rings. The Balaban J connectivity index is 2.05. The standard InChI is InChI=1S/C14H20N2S2/c1-14(2,3)12(15-4)9-17-13-16-10-7-5-6-8-11(10)18-13/h5-8,12,15H,9H2,1-4H3. The maximum absolute atomic E-state index is 4.65. The van der Waals surface area contributed by atoms with Gasteiger partial charge in [-0.25, -0.2) is 4.98 Å². The number of thiazole rings is 1. The second-order valence-corrected chi connectivity index (χ2v) is 7.76. The van der Waals surface area contributed by atoms with Gasteiger partial charge in [0.25, 0.3) is 0 Å². The van der Waals surface area contributed by atoms with Gasteiger partial charge in [0.15, 0.2) is 4.34 Å². The van der Waals surface area contributed by atoms with Gasteiger partial charge in [0.2, 0.25) is 0 Å². The molecule has 0 aliphatic carbocycles. The zero-order valence-corrected chi connectivity index (χ0v) is 13.0. The van der Waals surface area contributed by atoms with Crippen molar-refractivity contribution in [3.63, 3.8) is 0 Å². The Morgan fingerprint density at radius 1 is 1.33 bits per heavy atom. The molecule has 0 spiro atoms. The zero-order valence-electron chi connectivity index (χ0n) is 11.4. The number of hydrogen-bond acceptors (Lipinski definition) is 4. The molecule has 0 aliphatic rings. The van der Waals surface area contributed by atoms with E-state index in [2.05, 4.69) is 49.3 Å². The van der Waals surface area contributed by atoms with Crippen molar-refractivity contribution in [3.8, 4) is 0 Å². The van der Waals surface area contributed by atoms with E-state index >= 15 is 0 Å². The number of hydrogen-bond donors (Lipinski definition) is 1. The lowest BCUT2D eigenvalue weighted by Crippen LogP contribution is -2.40. The smallest absolute Gasteiger partial charge is 0.151 e. The Morgan fingerprint density at radius 3 is 2.67 bits per heavy atom. The van der Waals surface area contributed by atoms with E-state index in [1.165, 1.54) is 9.04 Å². The predicted molar refractivity (Wildman–Crippen MR) is 82.6 cm³/mol. The predicted octanol–water partition coefficient (Wildman–Crippen LogP) is 4.02. The molecule has 1 unspecified atom stereocenters. The van der Waals surface area contributed by atoms with Gasteiger partial charge in [-0.2, -0.15) is 0 Å². The summed E-state index contributed by atoms with van der Waals surface area (Å²) >= 11 is 3.64. The normalized spacial score (nSPS) is 14.0. The van der Waals surface area contributed by atoms with Crippen LogP contribution in [0.3, 0.4) is 0 Å². The average Bonchev–Trinajstić information content (AvgIpc) is 2.70. The fourth-order valence-electron chi connectivity index (χ4n) is 1.83. The molecule has 1 atom stereocenters. The van der Waals surface area contributed by atoms with Crippen molar-refractivity contribution in [1.82, 2.24) is 10.3 Å². The molecule has 18 heavy (non-hydrogen) atoms. The maximum Gasteiger partial charge on any atom is 0.151 e. The quantitative estimate of drug-likeness (QED) is 0.856. The van der Waals surface area contributed by atoms with Crippen molar-refractivity contribution in [2.24, 2.45) is 5.41 Å². The number of rotatable bonds is 4. The summed E-state index contributed by atoms with van der Waals surface area (Å²) in [4.78, 5) is 4.65. The van der Waals surface area contributed by atoms with E-state index in [9.17, 15) is 0 Å². The van der Waals surface area contributed by atoms with E-state index in [0.29, 0.717) is 6.04 Å². The third-order valence-corrected chi connectivity index (χ3v) is 5.31. The first kappa shape index (κ1) is 13.8. The van der Waals surface area contributed by atoms with Crippen LogP contribution in [0.15, 0.2) is 28.6 Å². The zero-order chi connectivity index (χ0) is 13.2. The van der Waals surface area contributed by atoms with Gasteiger partial charge < -0.3 is 5.32 Å². The molecule has 2 aromatic rings. The van der Waals surface area contributed by atoms with Gasteiger partial charge in [-0.3, -0.25) is 0 Å². The number of nitrogens with one attached hydrogen (secondary N) is 1. The molecule has 0 saturated heterocycles. The molecule has 0 aliphatic heterocycles. The largest absolute Gasteiger partial charge is 0.316 e. The van der Waals surface area contributed by atoms with Crippen molar-refractivity contribution in [1.29, 1.82) is 0 Å². The molecule has 1 heterocycles. The topological polar surface area (TPSA) is 24.9 Å². The molecule has 2 nitrogen and oxygen atoms in total. The molecule has 1 aromatic heterocycles. The summed E-state index contributed by atoms with van der Waals surface area (Å²) in [5.41, 5.74) is 1.39. The molecular formula is C14H20N2S2. The van der Waals surface area contributed by atoms with Crippen LogP contribution in [-0.4, -0.2) is 23.8 Å². The molecule has 98 valence electrons. The Hall–Kier alpha value is -0.580. The minimum absolute atomic E-state index is 0.276. The van der Waals surface area contributed by atoms with E-state index in [4.69, 9.17) is 0 Å². The molecule has 0 radical (unpaired) electrons. The Labute approximate surface area is 117 Å². The number of nitrogens with zero attached hydrogens (tertiary/aromatic N) is 1. The highest BCUT2D eigenvalue weighted by molar-refractivity contribution is 8.01. The van der Waals surface area contributed by atoms with Gasteiger partial charge >= 0.3 is 0 Å². The monoisotopic (exact) mass is 280 g/mol. The lowest BCUT2D eigenvalue weighted by molar-refractivity contribution is 0.305. The average molecular weight is 280 g/mol. The number of aromatic nitrogens is 1. The van der Waals surface area contributed by atoms with Crippen molar-refractivity contribution in [2.75, 3.05) is 12.8 Å². The molecule has 0 bridgehead atoms. The molecule has 0 saturated carbocycles. The maximum atomic E-state index is 4.65. The molecule has 1 aromatic carbocycles. The summed E-state index contributed by atoms with van der Waals surface area (Å²) in [5.74, 6) is 1.06. The molecule has 2 rings (SSSR count). The third-order valence-electron chi connectivity index (χ3n) is 3.04. The lowest BCUT2D eigenvalue weighted by Gasteiger charge is -2.29. The van der Waals surface area contributed by atoms with Crippen LogP contribution in [0, 0.1) is 5.41 Å². The van der Waals surface area contributed by atoms with Crippen LogP contribution in [0.25, 0.3) is 10.2 Å². The summed E-state index contributed by atoms with van der Waals surface area (Å²) in [6.45, 7) is 6.81. The first-order chi connectivity index (χ1) is 8.50. The minimum Gasteiger partial charge on any atom is -0.316 e. The van der Waals surface area contributed by atoms with E-state index < -0.39 is 0 Å². The van der Waals surface area contributed by atoms with E-state index in [1.54, 1.807) is 11.3 Å². The number of fused-ring (bicyclic) bond motifs is 1. The summed E-state index contributed by atoms with van der Waals surface area (Å²) in [5, 5.41) is 3.40.